The van der Waals surface area contributed by atoms with Gasteiger partial charge in [0, 0.05) is 0 Å². The van der Waals surface area contributed by atoms with Crippen molar-refractivity contribution >= 4 is 29.4 Å². The zero-order valence-electron chi connectivity index (χ0n) is 18.6. The zero-order valence-corrected chi connectivity index (χ0v) is 21.6. The number of rotatable bonds is 17. The summed E-state index contributed by atoms with van der Waals surface area (Å²) in [5, 5.41) is 7.81. The predicted molar refractivity (Wildman–Crippen MR) is 119 cm³/mol. The maximum atomic E-state index is 2.32. The molecule has 0 amide bonds. The van der Waals surface area contributed by atoms with Crippen molar-refractivity contribution in [3.63, 3.8) is 0 Å². The van der Waals surface area contributed by atoms with Crippen molar-refractivity contribution in [3.05, 3.63) is 0 Å². The second-order valence-electron chi connectivity index (χ2n) is 7.52. The van der Waals surface area contributed by atoms with Gasteiger partial charge in [0.2, 0.25) is 0 Å². The maximum absolute atomic E-state index is 2.32. The van der Waals surface area contributed by atoms with Gasteiger partial charge >= 0.3 is 39.6 Å². The topological polar surface area (TPSA) is 0 Å². The summed E-state index contributed by atoms with van der Waals surface area (Å²) in [4.78, 5) is 0. The maximum Gasteiger partial charge on any atom is -1.00 e. The van der Waals surface area contributed by atoms with Crippen LogP contribution in [0.3, 0.4) is 0 Å². The van der Waals surface area contributed by atoms with Gasteiger partial charge in [-0.2, -0.15) is 0 Å². The molecule has 0 atom stereocenters. The molecule has 0 aliphatic rings. The molecule has 150 valence electrons. The standard InChI is InChI=1S/3C6H13.2C2H5.2Al.ClH/c3*1-3-5-6-4-2;2*1-2;;;/h3*1,3-6H2,2H3;2*1H2,2H3;;;1H/q;;;;;;+1;/p-1. The molecule has 0 radical (unpaired) electrons. The molecule has 0 heterocycles. The van der Waals surface area contributed by atoms with E-state index in [1.807, 2.05) is 0 Å². The van der Waals surface area contributed by atoms with E-state index in [-0.39, 0.29) is 26.6 Å². The zero-order chi connectivity index (χ0) is 18.3. The number of unbranched alkanes of at least 4 members (excludes halogenated alkanes) is 9. The van der Waals surface area contributed by atoms with Crippen LogP contribution in [0.5, 0.6) is 0 Å². The van der Waals surface area contributed by atoms with Crippen LogP contribution in [0, 0.1) is 0 Å². The van der Waals surface area contributed by atoms with Crippen LogP contribution < -0.4 is 12.4 Å². The van der Waals surface area contributed by atoms with E-state index in [1.54, 1.807) is 35.1 Å². The number of hydrogen-bond acceptors (Lipinski definition) is 0. The Morgan fingerprint density at radius 2 is 0.800 bits per heavy atom. The van der Waals surface area contributed by atoms with Crippen molar-refractivity contribution in [1.29, 1.82) is 0 Å². The van der Waals surface area contributed by atoms with Crippen molar-refractivity contribution in [3.8, 4) is 0 Å². The summed E-state index contributed by atoms with van der Waals surface area (Å²) < 4.78 is 0. The van der Waals surface area contributed by atoms with E-state index in [0.29, 0.717) is 0 Å². The van der Waals surface area contributed by atoms with Gasteiger partial charge < -0.3 is 12.4 Å². The van der Waals surface area contributed by atoms with Gasteiger partial charge in [-0.05, 0) is 0 Å². The van der Waals surface area contributed by atoms with Gasteiger partial charge in [-0.3, -0.25) is 0 Å². The molecule has 0 unspecified atom stereocenters. The fourth-order valence-corrected chi connectivity index (χ4v) is 7.34. The summed E-state index contributed by atoms with van der Waals surface area (Å²) in [7, 11) is 0. The van der Waals surface area contributed by atoms with Crippen LogP contribution in [-0.2, 0) is 0 Å². The third-order valence-electron chi connectivity index (χ3n) is 4.98. The van der Waals surface area contributed by atoms with Crippen LogP contribution in [0.15, 0.2) is 0 Å². The monoisotopic (exact) mass is 402 g/mol. The van der Waals surface area contributed by atoms with Crippen LogP contribution in [0.1, 0.15) is 112 Å². The average Bonchev–Trinajstić information content (AvgIpc) is 2.60. The molecule has 0 bridgehead atoms. The van der Waals surface area contributed by atoms with Crippen molar-refractivity contribution in [2.24, 2.45) is 0 Å². The summed E-state index contributed by atoms with van der Waals surface area (Å²) >= 11 is 0.453. The summed E-state index contributed by atoms with van der Waals surface area (Å²) in [6.45, 7) is 11.5. The SMILES string of the molecule is CCCCC[CH2][Al]([CH2]CCCCC)[CH2]CCCCC.C[CH2][Al+][CH2]C.[Cl-]. The van der Waals surface area contributed by atoms with Gasteiger partial charge in [0.1, 0.15) is 0 Å². The molecule has 0 aliphatic carbocycles. The van der Waals surface area contributed by atoms with Gasteiger partial charge in [-0.15, -0.1) is 0 Å². The van der Waals surface area contributed by atoms with Crippen LogP contribution in [0.25, 0.3) is 0 Å². The smallest absolute Gasteiger partial charge is 1.00 e. The van der Waals surface area contributed by atoms with Crippen molar-refractivity contribution in [1.82, 2.24) is 0 Å². The predicted octanol–water partition coefficient (Wildman–Crippen LogP) is 5.79. The summed E-state index contributed by atoms with van der Waals surface area (Å²) in [6.07, 6.45) is 17.7. The number of halogens is 1. The summed E-state index contributed by atoms with van der Waals surface area (Å²) in [5.41, 5.74) is 0. The molecule has 0 aliphatic heterocycles. The molecule has 0 spiro atoms. The van der Waals surface area contributed by atoms with Gasteiger partial charge in [0.25, 0.3) is 14.1 Å². The molecule has 0 rings (SSSR count). The molecule has 25 heavy (non-hydrogen) atoms. The minimum absolute atomic E-state index is 0. The Bertz CT molecular complexity index is 170. The fourth-order valence-electron chi connectivity index (χ4n) is 3.30. The Morgan fingerprint density at radius 3 is 1.00 bits per heavy atom. The molecule has 0 saturated carbocycles. The van der Waals surface area contributed by atoms with Crippen molar-refractivity contribution < 1.29 is 12.4 Å². The quantitative estimate of drug-likeness (QED) is 0.213. The molecule has 0 saturated heterocycles. The number of hydrogen-bond donors (Lipinski definition) is 0. The minimum atomic E-state index is -0.362. The van der Waals surface area contributed by atoms with Gasteiger partial charge in [0.15, 0.2) is 0 Å². The van der Waals surface area contributed by atoms with Crippen molar-refractivity contribution in [2.45, 2.75) is 138 Å². The molecule has 0 aromatic rings. The first-order valence-electron chi connectivity index (χ1n) is 11.6. The summed E-state index contributed by atoms with van der Waals surface area (Å²) in [5.74, 6) is 0. The van der Waals surface area contributed by atoms with Crippen LogP contribution >= 0.6 is 0 Å². The first-order valence-corrected chi connectivity index (χ1v) is 15.7. The minimum Gasteiger partial charge on any atom is -1.00 e. The first kappa shape index (κ1) is 31.1. The third-order valence-corrected chi connectivity index (χ3v) is 9.80. The van der Waals surface area contributed by atoms with E-state index in [4.69, 9.17) is 0 Å². The Labute approximate surface area is 179 Å². The Kier molecular flexibility index (Phi) is 37.4. The molecule has 0 aromatic carbocycles. The Balaban J connectivity index is -0.000000704. The molecular weight excluding hydrogens is 354 g/mol. The van der Waals surface area contributed by atoms with E-state index in [1.165, 1.54) is 68.4 Å². The van der Waals surface area contributed by atoms with Gasteiger partial charge in [0.05, 0.1) is 0 Å². The molecule has 3 heteroatoms. The fraction of sp³-hybridized carbons (Fsp3) is 1.00. The second kappa shape index (κ2) is 30.1. The van der Waals surface area contributed by atoms with Crippen LogP contribution in [0.2, 0.25) is 26.4 Å². The van der Waals surface area contributed by atoms with E-state index < -0.39 is 0 Å². The molecule has 0 N–H and O–H groups in total. The first-order chi connectivity index (χ1) is 11.8. The molecule has 0 nitrogen and oxygen atoms in total. The van der Waals surface area contributed by atoms with Crippen LogP contribution in [-0.4, -0.2) is 29.4 Å². The molecular formula is C22H49Al2Cl. The Morgan fingerprint density at radius 1 is 0.480 bits per heavy atom. The summed E-state index contributed by atoms with van der Waals surface area (Å²) in [6, 6.07) is 0. The second-order valence-corrected chi connectivity index (χ2v) is 13.2. The van der Waals surface area contributed by atoms with E-state index in [2.05, 4.69) is 34.6 Å². The van der Waals surface area contributed by atoms with E-state index in [0.717, 1.165) is 15.2 Å². The van der Waals surface area contributed by atoms with E-state index >= 15 is 0 Å². The molecule has 0 fully saturated rings. The normalized spacial score (nSPS) is 9.64. The van der Waals surface area contributed by atoms with Crippen LogP contribution in [0.4, 0.5) is 0 Å². The molecule has 0 aromatic heterocycles. The van der Waals surface area contributed by atoms with E-state index in [9.17, 15) is 0 Å². The Hall–Kier alpha value is 1.35. The third kappa shape index (κ3) is 30.3. The largest absolute Gasteiger partial charge is 1.00 e. The van der Waals surface area contributed by atoms with Crippen molar-refractivity contribution in [2.75, 3.05) is 0 Å². The van der Waals surface area contributed by atoms with Gasteiger partial charge in [-0.25, -0.2) is 0 Å². The average molecular weight is 403 g/mol. The van der Waals surface area contributed by atoms with Gasteiger partial charge in [-0.1, -0.05) is 114 Å².